The Morgan fingerprint density at radius 1 is 1.36 bits per heavy atom. The smallest absolute Gasteiger partial charge is 0.0677 e. The van der Waals surface area contributed by atoms with Crippen LogP contribution in [-0.4, -0.2) is 9.55 Å². The summed E-state index contributed by atoms with van der Waals surface area (Å²) in [6, 6.07) is 2.23. The summed E-state index contributed by atoms with van der Waals surface area (Å²) in [6.07, 6.45) is 3.75. The van der Waals surface area contributed by atoms with Crippen LogP contribution in [0.2, 0.25) is 0 Å². The van der Waals surface area contributed by atoms with Gasteiger partial charge in [0.25, 0.3) is 0 Å². The first-order valence-electron chi connectivity index (χ1n) is 4.70. The van der Waals surface area contributed by atoms with Crippen LogP contribution in [0.15, 0.2) is 22.9 Å². The molecule has 0 atom stereocenters. The second kappa shape index (κ2) is 3.39. The van der Waals surface area contributed by atoms with Crippen LogP contribution in [0.4, 0.5) is 0 Å². The Hall–Kier alpha value is -0.830. The molecular weight excluding hydrogens is 240 g/mol. The van der Waals surface area contributed by atoms with E-state index in [4.69, 9.17) is 0 Å². The molecule has 2 nitrogen and oxygen atoms in total. The van der Waals surface area contributed by atoms with Crippen molar-refractivity contribution in [2.24, 2.45) is 7.05 Å². The average molecular weight is 253 g/mol. The molecule has 3 heteroatoms. The molecule has 0 aromatic carbocycles. The fourth-order valence-electron chi connectivity index (χ4n) is 1.78. The van der Waals surface area contributed by atoms with Gasteiger partial charge in [0, 0.05) is 28.8 Å². The number of hydrogen-bond acceptors (Lipinski definition) is 1. The maximum absolute atomic E-state index is 4.18. The molecule has 14 heavy (non-hydrogen) atoms. The fourth-order valence-corrected chi connectivity index (χ4v) is 2.22. The fraction of sp³-hybridized carbons (Fsp3) is 0.364. The van der Waals surface area contributed by atoms with Crippen molar-refractivity contribution in [1.82, 2.24) is 9.55 Å². The highest BCUT2D eigenvalue weighted by atomic mass is 79.9. The molecule has 0 N–H and O–H groups in total. The van der Waals surface area contributed by atoms with Gasteiger partial charge in [-0.1, -0.05) is 13.8 Å². The molecule has 2 heterocycles. The first kappa shape index (κ1) is 9.71. The van der Waals surface area contributed by atoms with Crippen molar-refractivity contribution < 1.29 is 0 Å². The third kappa shape index (κ3) is 1.36. The summed E-state index contributed by atoms with van der Waals surface area (Å²) in [5, 5.41) is 1.24. The highest BCUT2D eigenvalue weighted by molar-refractivity contribution is 9.10. The molecule has 2 aromatic rings. The van der Waals surface area contributed by atoms with Crippen molar-refractivity contribution in [2.75, 3.05) is 0 Å². The molecule has 2 aromatic heterocycles. The SMILES string of the molecule is CC(C)c1cc2c(Br)cncc2n1C. The lowest BCUT2D eigenvalue weighted by atomic mass is 10.1. The van der Waals surface area contributed by atoms with Crippen LogP contribution in [-0.2, 0) is 7.05 Å². The lowest BCUT2D eigenvalue weighted by molar-refractivity contribution is 0.755. The topological polar surface area (TPSA) is 17.8 Å². The van der Waals surface area contributed by atoms with Crippen LogP contribution >= 0.6 is 15.9 Å². The largest absolute Gasteiger partial charge is 0.346 e. The lowest BCUT2D eigenvalue weighted by Gasteiger charge is -2.06. The Bertz CT molecular complexity index is 471. The highest BCUT2D eigenvalue weighted by Gasteiger charge is 2.10. The molecule has 0 aliphatic carbocycles. The predicted molar refractivity (Wildman–Crippen MR) is 62.5 cm³/mol. The molecule has 0 aliphatic rings. The Morgan fingerprint density at radius 3 is 2.64 bits per heavy atom. The van der Waals surface area contributed by atoms with Crippen molar-refractivity contribution in [3.05, 3.63) is 28.6 Å². The van der Waals surface area contributed by atoms with E-state index in [9.17, 15) is 0 Å². The van der Waals surface area contributed by atoms with Gasteiger partial charge in [0.15, 0.2) is 0 Å². The van der Waals surface area contributed by atoms with Gasteiger partial charge in [0.05, 0.1) is 11.7 Å². The van der Waals surface area contributed by atoms with Crippen molar-refractivity contribution in [1.29, 1.82) is 0 Å². The van der Waals surface area contributed by atoms with Crippen LogP contribution in [0, 0.1) is 0 Å². The summed E-state index contributed by atoms with van der Waals surface area (Å²) >= 11 is 3.52. The van der Waals surface area contributed by atoms with Gasteiger partial charge in [-0.15, -0.1) is 0 Å². The Morgan fingerprint density at radius 2 is 2.07 bits per heavy atom. The van der Waals surface area contributed by atoms with Gasteiger partial charge in [-0.2, -0.15) is 0 Å². The number of pyridine rings is 1. The maximum atomic E-state index is 4.18. The normalized spacial score (nSPS) is 11.5. The van der Waals surface area contributed by atoms with Crippen LogP contribution in [0.1, 0.15) is 25.5 Å². The van der Waals surface area contributed by atoms with Crippen molar-refractivity contribution in [3.63, 3.8) is 0 Å². The number of nitrogens with zero attached hydrogens (tertiary/aromatic N) is 2. The minimum atomic E-state index is 0.541. The molecule has 0 spiro atoms. The molecule has 0 saturated carbocycles. The van der Waals surface area contributed by atoms with E-state index in [1.165, 1.54) is 16.6 Å². The molecule has 74 valence electrons. The minimum Gasteiger partial charge on any atom is -0.346 e. The molecule has 2 rings (SSSR count). The van der Waals surface area contributed by atoms with Gasteiger partial charge in [-0.25, -0.2) is 0 Å². The first-order valence-corrected chi connectivity index (χ1v) is 5.49. The summed E-state index contributed by atoms with van der Waals surface area (Å²) in [7, 11) is 2.09. The summed E-state index contributed by atoms with van der Waals surface area (Å²) in [6.45, 7) is 4.41. The quantitative estimate of drug-likeness (QED) is 0.761. The molecule has 0 bridgehead atoms. The van der Waals surface area contributed by atoms with E-state index >= 15 is 0 Å². The third-order valence-corrected chi connectivity index (χ3v) is 3.18. The molecule has 0 unspecified atom stereocenters. The molecule has 0 saturated heterocycles. The zero-order valence-corrected chi connectivity index (χ0v) is 10.2. The second-order valence-electron chi connectivity index (χ2n) is 3.84. The average Bonchev–Trinajstić information content (AvgIpc) is 2.46. The number of fused-ring (bicyclic) bond motifs is 1. The number of hydrogen-bond donors (Lipinski definition) is 0. The summed E-state index contributed by atoms with van der Waals surface area (Å²) in [5.41, 5.74) is 2.52. The third-order valence-electron chi connectivity index (χ3n) is 2.55. The minimum absolute atomic E-state index is 0.541. The van der Waals surface area contributed by atoms with E-state index < -0.39 is 0 Å². The van der Waals surface area contributed by atoms with Crippen molar-refractivity contribution in [2.45, 2.75) is 19.8 Å². The monoisotopic (exact) mass is 252 g/mol. The van der Waals surface area contributed by atoms with Crippen LogP contribution in [0.5, 0.6) is 0 Å². The van der Waals surface area contributed by atoms with Gasteiger partial charge < -0.3 is 4.57 Å². The van der Waals surface area contributed by atoms with Gasteiger partial charge in [-0.05, 0) is 27.9 Å². The van der Waals surface area contributed by atoms with Crippen LogP contribution in [0.25, 0.3) is 10.9 Å². The summed E-state index contributed by atoms with van der Waals surface area (Å²) in [4.78, 5) is 4.18. The predicted octanol–water partition coefficient (Wildman–Crippen LogP) is 3.46. The number of halogens is 1. The van der Waals surface area contributed by atoms with E-state index in [0.717, 1.165) is 4.47 Å². The van der Waals surface area contributed by atoms with E-state index in [2.05, 4.69) is 52.4 Å². The maximum Gasteiger partial charge on any atom is 0.0677 e. The standard InChI is InChI=1S/C11H13BrN2/c1-7(2)10-4-8-9(12)5-13-6-11(8)14(10)3/h4-7H,1-3H3. The molecule has 0 aliphatic heterocycles. The Balaban J connectivity index is 2.80. The number of rotatable bonds is 1. The van der Waals surface area contributed by atoms with E-state index in [0.29, 0.717) is 5.92 Å². The van der Waals surface area contributed by atoms with Crippen LogP contribution < -0.4 is 0 Å². The van der Waals surface area contributed by atoms with Crippen molar-refractivity contribution in [3.8, 4) is 0 Å². The second-order valence-corrected chi connectivity index (χ2v) is 4.69. The number of aromatic nitrogens is 2. The summed E-state index contributed by atoms with van der Waals surface area (Å²) < 4.78 is 3.27. The van der Waals surface area contributed by atoms with Gasteiger partial charge >= 0.3 is 0 Å². The molecular formula is C11H13BrN2. The molecule has 0 radical (unpaired) electrons. The van der Waals surface area contributed by atoms with E-state index in [1.807, 2.05) is 12.4 Å². The molecule has 0 amide bonds. The van der Waals surface area contributed by atoms with E-state index in [-0.39, 0.29) is 0 Å². The molecule has 0 fully saturated rings. The summed E-state index contributed by atoms with van der Waals surface area (Å²) in [5.74, 6) is 0.541. The van der Waals surface area contributed by atoms with Crippen LogP contribution in [0.3, 0.4) is 0 Å². The Labute approximate surface area is 92.1 Å². The zero-order valence-electron chi connectivity index (χ0n) is 8.58. The van der Waals surface area contributed by atoms with Gasteiger partial charge in [0.1, 0.15) is 0 Å². The highest BCUT2D eigenvalue weighted by Crippen LogP contribution is 2.28. The Kier molecular flexibility index (Phi) is 2.35. The van der Waals surface area contributed by atoms with Gasteiger partial charge in [0.2, 0.25) is 0 Å². The zero-order chi connectivity index (χ0) is 10.3. The van der Waals surface area contributed by atoms with Crippen molar-refractivity contribution >= 4 is 26.8 Å². The lowest BCUT2D eigenvalue weighted by Crippen LogP contribution is -1.97. The van der Waals surface area contributed by atoms with E-state index in [1.54, 1.807) is 0 Å². The van der Waals surface area contributed by atoms with Gasteiger partial charge in [-0.3, -0.25) is 4.98 Å². The first-order chi connectivity index (χ1) is 6.61. The number of aryl methyl sites for hydroxylation is 1.